The summed E-state index contributed by atoms with van der Waals surface area (Å²) in [6, 6.07) is 7.62. The minimum atomic E-state index is -1.06. The minimum absolute atomic E-state index is 0.269. The molecule has 1 aromatic carbocycles. The molecule has 0 radical (unpaired) electrons. The highest BCUT2D eigenvalue weighted by molar-refractivity contribution is 5.42. The van der Waals surface area contributed by atoms with Gasteiger partial charge in [-0.1, -0.05) is 30.4 Å². The molecule has 0 aromatic heterocycles. The summed E-state index contributed by atoms with van der Waals surface area (Å²) in [5.41, 5.74) is 6.68. The predicted molar refractivity (Wildman–Crippen MR) is 94.2 cm³/mol. The summed E-state index contributed by atoms with van der Waals surface area (Å²) in [5.74, 6) is 1.33. The van der Waals surface area contributed by atoms with Crippen LogP contribution in [0.2, 0.25) is 0 Å². The number of morpholine rings is 1. The van der Waals surface area contributed by atoms with Crippen molar-refractivity contribution in [1.29, 1.82) is 0 Å². The number of nitrogens with two attached hydrogens (primary N) is 1. The fraction of sp³-hybridized carbons (Fsp3) is 0.474. The fourth-order valence-electron chi connectivity index (χ4n) is 3.05. The van der Waals surface area contributed by atoms with E-state index in [2.05, 4.69) is 17.5 Å². The zero-order valence-corrected chi connectivity index (χ0v) is 14.2. The monoisotopic (exact) mass is 330 g/mol. The lowest BCUT2D eigenvalue weighted by molar-refractivity contribution is -0.0817. The van der Waals surface area contributed by atoms with E-state index >= 15 is 0 Å². The molecule has 1 fully saturated rings. The molecule has 5 heteroatoms. The molecule has 3 N–H and O–H groups in total. The van der Waals surface area contributed by atoms with Gasteiger partial charge in [-0.15, -0.1) is 0 Å². The van der Waals surface area contributed by atoms with Crippen LogP contribution in [0.25, 0.3) is 0 Å². The second kappa shape index (κ2) is 7.83. The molecule has 1 heterocycles. The zero-order valence-electron chi connectivity index (χ0n) is 14.2. The van der Waals surface area contributed by atoms with Gasteiger partial charge in [-0.2, -0.15) is 0 Å². The van der Waals surface area contributed by atoms with Crippen molar-refractivity contribution in [2.75, 3.05) is 26.3 Å². The molecule has 0 saturated carbocycles. The number of hydrogen-bond acceptors (Lipinski definition) is 5. The molecule has 2 atom stereocenters. The molecule has 2 aliphatic rings. The van der Waals surface area contributed by atoms with Crippen LogP contribution >= 0.6 is 0 Å². The highest BCUT2D eigenvalue weighted by Gasteiger charge is 2.42. The Balaban J connectivity index is 1.93. The maximum absolute atomic E-state index is 6.78. The van der Waals surface area contributed by atoms with Crippen molar-refractivity contribution < 1.29 is 14.2 Å². The van der Waals surface area contributed by atoms with E-state index in [1.807, 2.05) is 37.3 Å². The number of rotatable bonds is 6. The van der Waals surface area contributed by atoms with Crippen LogP contribution in [-0.4, -0.2) is 38.1 Å². The van der Waals surface area contributed by atoms with E-state index < -0.39 is 5.72 Å². The molecular formula is C19H26N2O3. The van der Waals surface area contributed by atoms with Crippen LogP contribution in [0.5, 0.6) is 11.5 Å². The normalized spacial score (nSPS) is 23.2. The van der Waals surface area contributed by atoms with E-state index in [1.54, 1.807) is 0 Å². The first-order valence-corrected chi connectivity index (χ1v) is 8.63. The third-order valence-electron chi connectivity index (χ3n) is 4.28. The fourth-order valence-corrected chi connectivity index (χ4v) is 3.05. The van der Waals surface area contributed by atoms with E-state index in [4.69, 9.17) is 19.9 Å². The van der Waals surface area contributed by atoms with Crippen molar-refractivity contribution in [2.45, 2.75) is 31.6 Å². The smallest absolute Gasteiger partial charge is 0.212 e. The van der Waals surface area contributed by atoms with E-state index in [9.17, 15) is 0 Å². The van der Waals surface area contributed by atoms with Crippen molar-refractivity contribution in [3.63, 3.8) is 0 Å². The van der Waals surface area contributed by atoms with E-state index in [0.717, 1.165) is 25.0 Å². The van der Waals surface area contributed by atoms with E-state index in [1.165, 1.54) is 0 Å². The lowest BCUT2D eigenvalue weighted by Crippen LogP contribution is -2.63. The molecule has 5 nitrogen and oxygen atoms in total. The van der Waals surface area contributed by atoms with E-state index in [-0.39, 0.29) is 6.10 Å². The van der Waals surface area contributed by atoms with Crippen molar-refractivity contribution in [3.05, 3.63) is 48.1 Å². The van der Waals surface area contributed by atoms with Gasteiger partial charge in [0.05, 0.1) is 13.2 Å². The minimum Gasteiger partial charge on any atom is -0.490 e. The van der Waals surface area contributed by atoms with Crippen LogP contribution in [0, 0.1) is 0 Å². The molecule has 0 spiro atoms. The Kier molecular flexibility index (Phi) is 5.56. The lowest BCUT2D eigenvalue weighted by atomic mass is 9.92. The maximum Gasteiger partial charge on any atom is 0.212 e. The van der Waals surface area contributed by atoms with Crippen molar-refractivity contribution >= 4 is 0 Å². The number of para-hydroxylation sites is 2. The van der Waals surface area contributed by atoms with Gasteiger partial charge >= 0.3 is 0 Å². The molecular weight excluding hydrogens is 304 g/mol. The molecule has 3 rings (SSSR count). The number of allylic oxidation sites excluding steroid dienone is 2. The summed E-state index contributed by atoms with van der Waals surface area (Å²) in [6.07, 6.45) is 8.03. The van der Waals surface area contributed by atoms with Crippen LogP contribution in [0.3, 0.4) is 0 Å². The van der Waals surface area contributed by atoms with E-state index in [0.29, 0.717) is 31.3 Å². The van der Waals surface area contributed by atoms with Crippen molar-refractivity contribution in [3.8, 4) is 11.5 Å². The number of ether oxygens (including phenoxy) is 3. The first-order chi connectivity index (χ1) is 11.7. The largest absolute Gasteiger partial charge is 0.490 e. The Morgan fingerprint density at radius 3 is 2.79 bits per heavy atom. The Labute approximate surface area is 143 Å². The van der Waals surface area contributed by atoms with Gasteiger partial charge in [0, 0.05) is 18.7 Å². The SMILES string of the molecule is CCOc1ccccc1O[C@](N)(C1=CCCC=C1)[C@@H]1CNCCO1. The van der Waals surface area contributed by atoms with Gasteiger partial charge in [0.2, 0.25) is 5.72 Å². The second-order valence-corrected chi connectivity index (χ2v) is 5.98. The summed E-state index contributed by atoms with van der Waals surface area (Å²) in [4.78, 5) is 0. The third-order valence-corrected chi connectivity index (χ3v) is 4.28. The Hall–Kier alpha value is -1.82. The average molecular weight is 330 g/mol. The van der Waals surface area contributed by atoms with Crippen LogP contribution in [-0.2, 0) is 4.74 Å². The Morgan fingerprint density at radius 2 is 2.12 bits per heavy atom. The zero-order chi connectivity index (χ0) is 16.8. The molecule has 1 aliphatic carbocycles. The van der Waals surface area contributed by atoms with Gasteiger partial charge in [-0.3, -0.25) is 5.73 Å². The molecule has 0 amide bonds. The molecule has 130 valence electrons. The Morgan fingerprint density at radius 1 is 1.29 bits per heavy atom. The quantitative estimate of drug-likeness (QED) is 0.784. The molecule has 0 unspecified atom stereocenters. The number of nitrogens with one attached hydrogen (secondary N) is 1. The van der Waals surface area contributed by atoms with Crippen LogP contribution in [0.1, 0.15) is 19.8 Å². The summed E-state index contributed by atoms with van der Waals surface area (Å²) in [5, 5.41) is 3.34. The van der Waals surface area contributed by atoms with Gasteiger partial charge in [0.1, 0.15) is 6.10 Å². The average Bonchev–Trinajstić information content (AvgIpc) is 2.65. The predicted octanol–water partition coefficient (Wildman–Crippen LogP) is 2.38. The van der Waals surface area contributed by atoms with Gasteiger partial charge in [0.15, 0.2) is 11.5 Å². The van der Waals surface area contributed by atoms with Crippen LogP contribution in [0.4, 0.5) is 0 Å². The highest BCUT2D eigenvalue weighted by atomic mass is 16.6. The summed E-state index contributed by atoms with van der Waals surface area (Å²) >= 11 is 0. The van der Waals surface area contributed by atoms with Gasteiger partial charge < -0.3 is 19.5 Å². The topological polar surface area (TPSA) is 65.7 Å². The number of benzene rings is 1. The highest BCUT2D eigenvalue weighted by Crippen LogP contribution is 2.34. The number of hydrogen-bond donors (Lipinski definition) is 2. The molecule has 1 saturated heterocycles. The van der Waals surface area contributed by atoms with Gasteiger partial charge in [-0.05, 0) is 31.9 Å². The van der Waals surface area contributed by atoms with Gasteiger partial charge in [0.25, 0.3) is 0 Å². The Bertz CT molecular complexity index is 608. The standard InChI is InChI=1S/C19H26N2O3/c1-2-22-16-10-6-7-11-17(16)24-19(20,15-8-4-3-5-9-15)18-14-21-12-13-23-18/h4,6-11,18,21H,2-3,5,12-14,20H2,1H3/t18-,19+/m0/s1. The first-order valence-electron chi connectivity index (χ1n) is 8.63. The third kappa shape index (κ3) is 3.64. The van der Waals surface area contributed by atoms with Crippen LogP contribution < -0.4 is 20.5 Å². The molecule has 24 heavy (non-hydrogen) atoms. The molecule has 1 aromatic rings. The summed E-state index contributed by atoms with van der Waals surface area (Å²) in [7, 11) is 0. The second-order valence-electron chi connectivity index (χ2n) is 5.98. The first kappa shape index (κ1) is 17.0. The molecule has 1 aliphatic heterocycles. The van der Waals surface area contributed by atoms with Crippen molar-refractivity contribution in [2.24, 2.45) is 5.73 Å². The van der Waals surface area contributed by atoms with Crippen molar-refractivity contribution in [1.82, 2.24) is 5.32 Å². The molecule has 0 bridgehead atoms. The maximum atomic E-state index is 6.78. The summed E-state index contributed by atoms with van der Waals surface area (Å²) < 4.78 is 18.0. The lowest BCUT2D eigenvalue weighted by Gasteiger charge is -2.41. The van der Waals surface area contributed by atoms with Gasteiger partial charge in [-0.25, -0.2) is 0 Å². The summed E-state index contributed by atoms with van der Waals surface area (Å²) in [6.45, 7) is 4.63. The van der Waals surface area contributed by atoms with Crippen LogP contribution in [0.15, 0.2) is 48.1 Å².